The fourth-order valence-corrected chi connectivity index (χ4v) is 4.71. The molecule has 29 heavy (non-hydrogen) atoms. The molecule has 156 valence electrons. The number of ether oxygens (including phenoxy) is 1. The van der Waals surface area contributed by atoms with Gasteiger partial charge in [0, 0.05) is 17.5 Å². The van der Waals surface area contributed by atoms with E-state index in [0.717, 1.165) is 41.9 Å². The summed E-state index contributed by atoms with van der Waals surface area (Å²) in [5.74, 6) is 0.175. The van der Waals surface area contributed by atoms with Gasteiger partial charge in [-0.3, -0.25) is 9.59 Å². The third kappa shape index (κ3) is 5.73. The Morgan fingerprint density at radius 3 is 2.52 bits per heavy atom. The molecule has 1 heterocycles. The molecule has 7 heteroatoms. The lowest BCUT2D eigenvalue weighted by molar-refractivity contribution is -0.140. The molecule has 1 saturated carbocycles. The molecular weight excluding hydrogens is 408 g/mol. The van der Waals surface area contributed by atoms with Crippen molar-refractivity contribution in [2.75, 3.05) is 13.0 Å². The third-order valence-corrected chi connectivity index (χ3v) is 6.42. The summed E-state index contributed by atoms with van der Waals surface area (Å²) >= 11 is 7.40. The molecule has 5 nitrogen and oxygen atoms in total. The van der Waals surface area contributed by atoms with Crippen molar-refractivity contribution >= 4 is 34.8 Å². The summed E-state index contributed by atoms with van der Waals surface area (Å²) < 4.78 is 5.21. The number of nitrogens with zero attached hydrogens (tertiary/aromatic N) is 1. The van der Waals surface area contributed by atoms with E-state index in [2.05, 4.69) is 5.32 Å². The average Bonchev–Trinajstić information content (AvgIpc) is 3.28. The van der Waals surface area contributed by atoms with Crippen LogP contribution >= 0.6 is 22.9 Å². The summed E-state index contributed by atoms with van der Waals surface area (Å²) in [6.45, 7) is 0.302. The molecule has 1 N–H and O–H groups in total. The Bertz CT molecular complexity index is 789. The van der Waals surface area contributed by atoms with Crippen LogP contribution in [-0.4, -0.2) is 35.7 Å². The number of hydrogen-bond donors (Lipinski definition) is 1. The van der Waals surface area contributed by atoms with E-state index in [9.17, 15) is 9.59 Å². The number of halogens is 1. The first kappa shape index (κ1) is 21.7. The summed E-state index contributed by atoms with van der Waals surface area (Å²) in [5, 5.41) is 5.11. The highest BCUT2D eigenvalue weighted by molar-refractivity contribution is 7.10. The van der Waals surface area contributed by atoms with Crippen molar-refractivity contribution in [2.24, 2.45) is 0 Å². The Balaban J connectivity index is 1.85. The number of amides is 2. The van der Waals surface area contributed by atoms with Crippen LogP contribution in [0.15, 0.2) is 41.8 Å². The Morgan fingerprint density at radius 2 is 1.93 bits per heavy atom. The molecule has 1 aromatic heterocycles. The predicted octanol–water partition coefficient (Wildman–Crippen LogP) is 4.51. The van der Waals surface area contributed by atoms with E-state index >= 15 is 0 Å². The zero-order valence-electron chi connectivity index (χ0n) is 16.6. The van der Waals surface area contributed by atoms with Crippen LogP contribution in [0.5, 0.6) is 5.75 Å². The summed E-state index contributed by atoms with van der Waals surface area (Å²) in [7, 11) is 1.61. The van der Waals surface area contributed by atoms with Crippen molar-refractivity contribution in [1.82, 2.24) is 10.2 Å². The van der Waals surface area contributed by atoms with Gasteiger partial charge in [0.1, 0.15) is 17.7 Å². The van der Waals surface area contributed by atoms with Crippen LogP contribution in [0.3, 0.4) is 0 Å². The van der Waals surface area contributed by atoms with Gasteiger partial charge in [-0.25, -0.2) is 0 Å². The Kier molecular flexibility index (Phi) is 7.95. The number of nitrogens with one attached hydrogen (secondary N) is 1. The minimum atomic E-state index is -0.690. The smallest absolute Gasteiger partial charge is 0.248 e. The molecule has 0 saturated heterocycles. The molecule has 1 fully saturated rings. The van der Waals surface area contributed by atoms with E-state index in [4.69, 9.17) is 16.3 Å². The first-order valence-electron chi connectivity index (χ1n) is 9.94. The van der Waals surface area contributed by atoms with Crippen LogP contribution < -0.4 is 10.1 Å². The van der Waals surface area contributed by atoms with Crippen LogP contribution in [0.1, 0.15) is 48.6 Å². The fraction of sp³-hybridized carbons (Fsp3) is 0.455. The molecule has 1 aliphatic carbocycles. The van der Waals surface area contributed by atoms with Crippen LogP contribution in [-0.2, 0) is 16.1 Å². The molecule has 0 radical (unpaired) electrons. The monoisotopic (exact) mass is 434 g/mol. The minimum Gasteiger partial charge on any atom is -0.497 e. The second-order valence-electron chi connectivity index (χ2n) is 7.26. The van der Waals surface area contributed by atoms with Gasteiger partial charge in [0.25, 0.3) is 0 Å². The normalized spacial score (nSPS) is 15.5. The maximum absolute atomic E-state index is 13.3. The molecule has 0 aliphatic heterocycles. The average molecular weight is 435 g/mol. The summed E-state index contributed by atoms with van der Waals surface area (Å²) in [5.41, 5.74) is 0.913. The Morgan fingerprint density at radius 1 is 1.21 bits per heavy atom. The number of benzene rings is 1. The number of rotatable bonds is 8. The number of carbonyl (C=O) groups is 2. The molecule has 1 aliphatic rings. The van der Waals surface area contributed by atoms with Crippen molar-refractivity contribution < 1.29 is 14.3 Å². The second-order valence-corrected chi connectivity index (χ2v) is 8.51. The topological polar surface area (TPSA) is 58.6 Å². The number of methoxy groups -OCH3 is 1. The summed E-state index contributed by atoms with van der Waals surface area (Å²) in [6.07, 6.45) is 5.46. The van der Waals surface area contributed by atoms with Gasteiger partial charge in [-0.2, -0.15) is 0 Å². The number of alkyl halides is 1. The van der Waals surface area contributed by atoms with Crippen LogP contribution in [0.2, 0.25) is 0 Å². The van der Waals surface area contributed by atoms with E-state index in [0.29, 0.717) is 6.54 Å². The largest absolute Gasteiger partial charge is 0.497 e. The van der Waals surface area contributed by atoms with Crippen molar-refractivity contribution in [1.29, 1.82) is 0 Å². The van der Waals surface area contributed by atoms with Gasteiger partial charge in [-0.15, -0.1) is 22.9 Å². The van der Waals surface area contributed by atoms with Crippen molar-refractivity contribution in [3.05, 3.63) is 52.2 Å². The van der Waals surface area contributed by atoms with E-state index < -0.39 is 6.04 Å². The molecule has 2 aromatic rings. The summed E-state index contributed by atoms with van der Waals surface area (Å²) in [4.78, 5) is 28.5. The minimum absolute atomic E-state index is 0.133. The molecule has 0 bridgehead atoms. The summed E-state index contributed by atoms with van der Waals surface area (Å²) in [6, 6.07) is 10.8. The molecule has 3 rings (SSSR count). The van der Waals surface area contributed by atoms with Crippen LogP contribution in [0.4, 0.5) is 0 Å². The number of hydrogen-bond acceptors (Lipinski definition) is 4. The number of carbonyl (C=O) groups excluding carboxylic acids is 2. The maximum Gasteiger partial charge on any atom is 0.248 e. The molecule has 1 aromatic carbocycles. The first-order chi connectivity index (χ1) is 14.1. The Labute approximate surface area is 181 Å². The van der Waals surface area contributed by atoms with Crippen LogP contribution in [0, 0.1) is 0 Å². The molecule has 1 atom stereocenters. The molecule has 2 amide bonds. The zero-order chi connectivity index (χ0) is 20.6. The van der Waals surface area contributed by atoms with Gasteiger partial charge < -0.3 is 15.0 Å². The van der Waals surface area contributed by atoms with Gasteiger partial charge in [0.15, 0.2) is 0 Å². The number of thiophene rings is 1. The lowest BCUT2D eigenvalue weighted by atomic mass is 9.95. The third-order valence-electron chi connectivity index (χ3n) is 5.27. The van der Waals surface area contributed by atoms with E-state index in [1.54, 1.807) is 12.0 Å². The van der Waals surface area contributed by atoms with Crippen molar-refractivity contribution in [2.45, 2.75) is 50.7 Å². The predicted molar refractivity (Wildman–Crippen MR) is 116 cm³/mol. The van der Waals surface area contributed by atoms with Crippen LogP contribution in [0.25, 0.3) is 0 Å². The van der Waals surface area contributed by atoms with E-state index in [1.807, 2.05) is 41.8 Å². The van der Waals surface area contributed by atoms with E-state index in [1.165, 1.54) is 17.8 Å². The van der Waals surface area contributed by atoms with Gasteiger partial charge in [-0.05, 0) is 42.0 Å². The zero-order valence-corrected chi connectivity index (χ0v) is 18.2. The standard InChI is InChI=1S/C22H27ClN2O3S/c1-28-18-11-9-16(10-12-18)15-25(20(26)14-23)21(19-8-5-13-29-19)22(27)24-17-6-3-2-4-7-17/h5,8-13,17,21H,2-4,6-7,14-15H2,1H3,(H,24,27)/t21-/m0/s1. The molecule has 0 unspecified atom stereocenters. The molecule has 0 spiro atoms. The fourth-order valence-electron chi connectivity index (χ4n) is 3.73. The first-order valence-corrected chi connectivity index (χ1v) is 11.4. The SMILES string of the molecule is COc1ccc(CN(C(=O)CCl)[C@H](C(=O)NC2CCCCC2)c2cccs2)cc1. The van der Waals surface area contributed by atoms with Gasteiger partial charge in [-0.1, -0.05) is 37.5 Å². The Hall–Kier alpha value is -2.05. The van der Waals surface area contributed by atoms with Gasteiger partial charge >= 0.3 is 0 Å². The lowest BCUT2D eigenvalue weighted by Gasteiger charge is -2.32. The quantitative estimate of drug-likeness (QED) is 0.621. The maximum atomic E-state index is 13.3. The van der Waals surface area contributed by atoms with Gasteiger partial charge in [0.05, 0.1) is 7.11 Å². The van der Waals surface area contributed by atoms with Crippen molar-refractivity contribution in [3.8, 4) is 5.75 Å². The lowest BCUT2D eigenvalue weighted by Crippen LogP contribution is -2.47. The van der Waals surface area contributed by atoms with Gasteiger partial charge in [0.2, 0.25) is 11.8 Å². The molecular formula is C22H27ClN2O3S. The van der Waals surface area contributed by atoms with E-state index in [-0.39, 0.29) is 23.7 Å². The highest BCUT2D eigenvalue weighted by Gasteiger charge is 2.33. The highest BCUT2D eigenvalue weighted by atomic mass is 35.5. The highest BCUT2D eigenvalue weighted by Crippen LogP contribution is 2.29. The second kappa shape index (κ2) is 10.6. The van der Waals surface area contributed by atoms with Crippen molar-refractivity contribution in [3.63, 3.8) is 0 Å².